The number of benzene rings is 1. The molecule has 3 aromatic rings. The minimum Gasteiger partial charge on any atom is -0.467 e. The van der Waals surface area contributed by atoms with E-state index in [1.54, 1.807) is 23.7 Å². The van der Waals surface area contributed by atoms with Crippen LogP contribution >= 0.6 is 22.9 Å². The van der Waals surface area contributed by atoms with Crippen LogP contribution in [0.4, 0.5) is 10.7 Å². The first kappa shape index (κ1) is 25.0. The van der Waals surface area contributed by atoms with Crippen LogP contribution in [0.1, 0.15) is 57.9 Å². The highest BCUT2D eigenvalue weighted by Gasteiger charge is 2.28. The van der Waals surface area contributed by atoms with Crippen LogP contribution in [-0.4, -0.2) is 63.8 Å². The standard InChI is InChI=1S/C26H32ClN5O3S/c1-26(2,3)35-25(33)32-10-6-17(7-11-32)18-4-5-21-22(14-18)36-24(30-21)34-20-8-12-31(13-9-20)23-28-15-19(27)16-29-23/h4-5,14-17,20H,6-13H2,1-3H3. The van der Waals surface area contributed by atoms with Crippen molar-refractivity contribution >= 4 is 45.2 Å². The molecule has 36 heavy (non-hydrogen) atoms. The number of piperidine rings is 2. The summed E-state index contributed by atoms with van der Waals surface area (Å²) in [4.78, 5) is 29.7. The Balaban J connectivity index is 1.16. The van der Waals surface area contributed by atoms with E-state index >= 15 is 0 Å². The van der Waals surface area contributed by atoms with E-state index in [4.69, 9.17) is 26.1 Å². The molecule has 2 aliphatic heterocycles. The fourth-order valence-corrected chi connectivity index (χ4v) is 5.76. The van der Waals surface area contributed by atoms with Gasteiger partial charge >= 0.3 is 6.09 Å². The smallest absolute Gasteiger partial charge is 0.410 e. The molecule has 2 aliphatic rings. The summed E-state index contributed by atoms with van der Waals surface area (Å²) in [6.07, 6.45) is 6.83. The fraction of sp³-hybridized carbons (Fsp3) is 0.538. The second-order valence-electron chi connectivity index (χ2n) is 10.5. The van der Waals surface area contributed by atoms with E-state index in [1.165, 1.54) is 5.56 Å². The van der Waals surface area contributed by atoms with Crippen LogP contribution in [0.15, 0.2) is 30.6 Å². The van der Waals surface area contributed by atoms with Gasteiger partial charge in [0.1, 0.15) is 11.7 Å². The quantitative estimate of drug-likeness (QED) is 0.416. The lowest BCUT2D eigenvalue weighted by molar-refractivity contribution is 0.0205. The maximum absolute atomic E-state index is 12.4. The first-order valence-electron chi connectivity index (χ1n) is 12.5. The van der Waals surface area contributed by atoms with Gasteiger partial charge in [0.2, 0.25) is 5.95 Å². The van der Waals surface area contributed by atoms with E-state index in [1.807, 2.05) is 25.7 Å². The predicted molar refractivity (Wildman–Crippen MR) is 142 cm³/mol. The van der Waals surface area contributed by atoms with Crippen molar-refractivity contribution < 1.29 is 14.3 Å². The number of ether oxygens (including phenoxy) is 2. The van der Waals surface area contributed by atoms with Crippen LogP contribution < -0.4 is 9.64 Å². The molecular formula is C26H32ClN5O3S. The summed E-state index contributed by atoms with van der Waals surface area (Å²) < 4.78 is 12.9. The number of rotatable bonds is 4. The molecule has 0 N–H and O–H groups in total. The molecule has 10 heteroatoms. The molecule has 0 saturated carbocycles. The molecule has 0 radical (unpaired) electrons. The molecule has 1 amide bonds. The third kappa shape index (κ3) is 6.00. The zero-order valence-corrected chi connectivity index (χ0v) is 22.5. The summed E-state index contributed by atoms with van der Waals surface area (Å²) in [6.45, 7) is 8.81. The van der Waals surface area contributed by atoms with E-state index in [0.29, 0.717) is 30.0 Å². The number of likely N-dealkylation sites (tertiary alicyclic amines) is 1. The number of anilines is 1. The minimum absolute atomic E-state index is 0.130. The topological polar surface area (TPSA) is 80.7 Å². The number of hydrogen-bond acceptors (Lipinski definition) is 8. The molecule has 4 heterocycles. The monoisotopic (exact) mass is 529 g/mol. The molecule has 192 valence electrons. The van der Waals surface area contributed by atoms with Crippen molar-refractivity contribution in [3.63, 3.8) is 0 Å². The second-order valence-corrected chi connectivity index (χ2v) is 11.9. The van der Waals surface area contributed by atoms with E-state index in [2.05, 4.69) is 33.1 Å². The summed E-state index contributed by atoms with van der Waals surface area (Å²) in [5, 5.41) is 1.27. The fourth-order valence-electron chi connectivity index (χ4n) is 4.73. The number of aromatic nitrogens is 3. The Morgan fingerprint density at radius 1 is 1.06 bits per heavy atom. The largest absolute Gasteiger partial charge is 0.467 e. The number of halogens is 1. The maximum atomic E-state index is 12.4. The Morgan fingerprint density at radius 2 is 1.75 bits per heavy atom. The zero-order chi connectivity index (χ0) is 25.3. The highest BCUT2D eigenvalue weighted by atomic mass is 35.5. The Bertz CT molecular complexity index is 1200. The lowest BCUT2D eigenvalue weighted by Crippen LogP contribution is -2.41. The first-order chi connectivity index (χ1) is 17.2. The summed E-state index contributed by atoms with van der Waals surface area (Å²) in [5.74, 6) is 1.14. The number of nitrogens with zero attached hydrogens (tertiary/aromatic N) is 5. The van der Waals surface area contributed by atoms with Gasteiger partial charge < -0.3 is 19.3 Å². The van der Waals surface area contributed by atoms with E-state index in [0.717, 1.165) is 54.2 Å². The van der Waals surface area contributed by atoms with Gasteiger partial charge in [0, 0.05) is 39.0 Å². The third-order valence-corrected chi connectivity index (χ3v) is 7.71. The van der Waals surface area contributed by atoms with Gasteiger partial charge in [0.25, 0.3) is 5.19 Å². The molecule has 0 spiro atoms. The van der Waals surface area contributed by atoms with Crippen LogP contribution in [0.2, 0.25) is 5.02 Å². The Kier molecular flexibility index (Phi) is 7.21. The van der Waals surface area contributed by atoms with Gasteiger partial charge in [-0.1, -0.05) is 29.0 Å². The number of fused-ring (bicyclic) bond motifs is 1. The van der Waals surface area contributed by atoms with Crippen molar-refractivity contribution in [1.82, 2.24) is 19.9 Å². The number of carbonyl (C=O) groups excluding carboxylic acids is 1. The number of thiazole rings is 1. The van der Waals surface area contributed by atoms with Crippen LogP contribution in [0.5, 0.6) is 5.19 Å². The van der Waals surface area contributed by atoms with Crippen molar-refractivity contribution in [1.29, 1.82) is 0 Å². The van der Waals surface area contributed by atoms with Crippen LogP contribution in [0, 0.1) is 0 Å². The number of hydrogen-bond donors (Lipinski definition) is 0. The van der Waals surface area contributed by atoms with E-state index in [9.17, 15) is 4.79 Å². The van der Waals surface area contributed by atoms with Crippen molar-refractivity contribution in [3.05, 3.63) is 41.2 Å². The van der Waals surface area contributed by atoms with Gasteiger partial charge in [-0.2, -0.15) is 0 Å². The van der Waals surface area contributed by atoms with Crippen molar-refractivity contribution in [3.8, 4) is 5.19 Å². The molecule has 0 bridgehead atoms. The van der Waals surface area contributed by atoms with Gasteiger partial charge in [0.15, 0.2) is 0 Å². The molecule has 0 atom stereocenters. The highest BCUT2D eigenvalue weighted by molar-refractivity contribution is 7.20. The zero-order valence-electron chi connectivity index (χ0n) is 20.9. The average Bonchev–Trinajstić information content (AvgIpc) is 3.25. The van der Waals surface area contributed by atoms with Crippen LogP contribution in [0.25, 0.3) is 10.2 Å². The Morgan fingerprint density at radius 3 is 2.42 bits per heavy atom. The molecule has 2 fully saturated rings. The maximum Gasteiger partial charge on any atom is 0.410 e. The summed E-state index contributed by atoms with van der Waals surface area (Å²) in [5.41, 5.74) is 1.81. The summed E-state index contributed by atoms with van der Waals surface area (Å²) in [6, 6.07) is 6.51. The third-order valence-electron chi connectivity index (χ3n) is 6.61. The van der Waals surface area contributed by atoms with Gasteiger partial charge in [0.05, 0.1) is 27.6 Å². The second kappa shape index (κ2) is 10.4. The molecule has 5 rings (SSSR count). The van der Waals surface area contributed by atoms with Gasteiger partial charge in [-0.25, -0.2) is 19.7 Å². The minimum atomic E-state index is -0.465. The Labute approximate surface area is 220 Å². The van der Waals surface area contributed by atoms with Crippen molar-refractivity contribution in [2.24, 2.45) is 0 Å². The highest BCUT2D eigenvalue weighted by Crippen LogP contribution is 2.35. The average molecular weight is 530 g/mol. The normalized spacial score (nSPS) is 18.0. The van der Waals surface area contributed by atoms with Crippen molar-refractivity contribution in [2.45, 2.75) is 64.1 Å². The SMILES string of the molecule is CC(C)(C)OC(=O)N1CCC(c2ccc3nc(OC4CCN(c5ncc(Cl)cn5)CC4)sc3c2)CC1. The molecular weight excluding hydrogens is 498 g/mol. The summed E-state index contributed by atoms with van der Waals surface area (Å²) >= 11 is 7.51. The lowest BCUT2D eigenvalue weighted by atomic mass is 9.89. The lowest BCUT2D eigenvalue weighted by Gasteiger charge is -2.33. The van der Waals surface area contributed by atoms with Gasteiger partial charge in [-0.3, -0.25) is 0 Å². The molecule has 2 saturated heterocycles. The Hall–Kier alpha value is -2.65. The van der Waals surface area contributed by atoms with Crippen molar-refractivity contribution in [2.75, 3.05) is 31.1 Å². The van der Waals surface area contributed by atoms with E-state index in [-0.39, 0.29) is 12.2 Å². The first-order valence-corrected chi connectivity index (χ1v) is 13.7. The molecule has 1 aromatic carbocycles. The summed E-state index contributed by atoms with van der Waals surface area (Å²) in [7, 11) is 0. The van der Waals surface area contributed by atoms with Gasteiger partial charge in [-0.05, 0) is 57.2 Å². The number of carbonyl (C=O) groups is 1. The van der Waals surface area contributed by atoms with E-state index < -0.39 is 5.60 Å². The predicted octanol–water partition coefficient (Wildman–Crippen LogP) is 5.90. The van der Waals surface area contributed by atoms with Gasteiger partial charge in [-0.15, -0.1) is 0 Å². The molecule has 0 unspecified atom stereocenters. The van der Waals surface area contributed by atoms with Crippen LogP contribution in [-0.2, 0) is 4.74 Å². The van der Waals surface area contributed by atoms with Crippen LogP contribution in [0.3, 0.4) is 0 Å². The molecule has 2 aromatic heterocycles. The molecule has 8 nitrogen and oxygen atoms in total. The molecule has 0 aliphatic carbocycles. The number of amides is 1.